The number of hydrogen-bond donors (Lipinski definition) is 0. The Balaban J connectivity index is 1.46. The lowest BCUT2D eigenvalue weighted by atomic mass is 9.69. The molecule has 1 fully saturated rings. The molecule has 0 aromatic heterocycles. The van der Waals surface area contributed by atoms with E-state index in [2.05, 4.69) is 72.8 Å². The second-order valence-corrected chi connectivity index (χ2v) is 9.45. The van der Waals surface area contributed by atoms with Crippen LogP contribution in [0.4, 0.5) is 0 Å². The van der Waals surface area contributed by atoms with Crippen LogP contribution in [0.15, 0.2) is 97.1 Å². The quantitative estimate of drug-likeness (QED) is 0.380. The summed E-state index contributed by atoms with van der Waals surface area (Å²) in [7, 11) is 0. The first kappa shape index (κ1) is 20.0. The van der Waals surface area contributed by atoms with Crippen molar-refractivity contribution < 1.29 is 9.53 Å². The van der Waals surface area contributed by atoms with E-state index in [9.17, 15) is 4.79 Å². The lowest BCUT2D eigenvalue weighted by Gasteiger charge is -2.52. The minimum Gasteiger partial charge on any atom is -0.469 e. The van der Waals surface area contributed by atoms with Gasteiger partial charge in [-0.25, -0.2) is 0 Å². The molecule has 33 heavy (non-hydrogen) atoms. The summed E-state index contributed by atoms with van der Waals surface area (Å²) in [6.07, 6.45) is 3.47. The highest BCUT2D eigenvalue weighted by Crippen LogP contribution is 2.46. The largest absolute Gasteiger partial charge is 0.469 e. The first-order valence-electron chi connectivity index (χ1n) is 11.8. The Labute approximate surface area is 194 Å². The van der Waals surface area contributed by atoms with Gasteiger partial charge in [0.2, 0.25) is 0 Å². The number of benzene rings is 4. The lowest BCUT2D eigenvalue weighted by Crippen LogP contribution is -2.61. The number of ether oxygens (including phenoxy) is 1. The van der Waals surface area contributed by atoms with E-state index in [1.807, 2.05) is 29.2 Å². The third kappa shape index (κ3) is 3.58. The van der Waals surface area contributed by atoms with Crippen molar-refractivity contribution in [2.24, 2.45) is 5.41 Å². The summed E-state index contributed by atoms with van der Waals surface area (Å²) in [4.78, 5) is 15.7. The Morgan fingerprint density at radius 3 is 2.00 bits per heavy atom. The fourth-order valence-electron chi connectivity index (χ4n) is 5.75. The summed E-state index contributed by atoms with van der Waals surface area (Å²) in [5.41, 5.74) is 3.06. The van der Waals surface area contributed by atoms with Gasteiger partial charge in [0.05, 0.1) is 5.56 Å². The first-order valence-corrected chi connectivity index (χ1v) is 11.8. The Morgan fingerprint density at radius 2 is 1.36 bits per heavy atom. The number of rotatable bonds is 4. The van der Waals surface area contributed by atoms with Crippen LogP contribution in [0.5, 0.6) is 5.75 Å². The fourth-order valence-corrected chi connectivity index (χ4v) is 5.75. The van der Waals surface area contributed by atoms with Crippen LogP contribution in [0.3, 0.4) is 0 Å². The number of amides is 1. The molecule has 0 radical (unpaired) electrons. The van der Waals surface area contributed by atoms with Gasteiger partial charge in [0.1, 0.15) is 5.75 Å². The molecule has 0 N–H and O–H groups in total. The second-order valence-electron chi connectivity index (χ2n) is 9.45. The number of hydrogen-bond acceptors (Lipinski definition) is 2. The monoisotopic (exact) mass is 433 g/mol. The van der Waals surface area contributed by atoms with Crippen molar-refractivity contribution >= 4 is 16.7 Å². The van der Waals surface area contributed by atoms with E-state index in [-0.39, 0.29) is 17.6 Å². The molecule has 4 aromatic carbocycles. The molecule has 2 heterocycles. The number of carbonyl (C=O) groups is 1. The Morgan fingerprint density at radius 1 is 0.788 bits per heavy atom. The Bertz CT molecular complexity index is 1260. The molecule has 1 atom stereocenters. The molecule has 1 saturated heterocycles. The lowest BCUT2D eigenvalue weighted by molar-refractivity contribution is -0.0942. The van der Waals surface area contributed by atoms with E-state index < -0.39 is 0 Å². The summed E-state index contributed by atoms with van der Waals surface area (Å²) in [5.74, 6) is 0.810. The highest BCUT2D eigenvalue weighted by molar-refractivity contribution is 6.02. The third-order valence-corrected chi connectivity index (χ3v) is 7.26. The molecule has 164 valence electrons. The van der Waals surface area contributed by atoms with Crippen molar-refractivity contribution in [2.75, 3.05) is 6.54 Å². The molecule has 0 saturated carbocycles. The summed E-state index contributed by atoms with van der Waals surface area (Å²) in [5, 5.41) is 2.17. The van der Waals surface area contributed by atoms with E-state index >= 15 is 0 Å². The number of carbonyl (C=O) groups excluding carboxylic acids is 1. The highest BCUT2D eigenvalue weighted by atomic mass is 16.5. The highest BCUT2D eigenvalue weighted by Gasteiger charge is 2.50. The van der Waals surface area contributed by atoms with Crippen molar-refractivity contribution in [1.82, 2.24) is 4.90 Å². The van der Waals surface area contributed by atoms with Crippen LogP contribution >= 0.6 is 0 Å². The molecule has 2 aliphatic heterocycles. The third-order valence-electron chi connectivity index (χ3n) is 7.26. The fraction of sp³-hybridized carbons (Fsp3) is 0.233. The molecule has 0 spiro atoms. The first-order chi connectivity index (χ1) is 16.2. The molecular formula is C30H27NO2. The van der Waals surface area contributed by atoms with Crippen molar-refractivity contribution in [3.8, 4) is 5.75 Å². The molecule has 0 bridgehead atoms. The summed E-state index contributed by atoms with van der Waals surface area (Å²) in [6, 6.07) is 33.5. The molecule has 3 heteroatoms. The van der Waals surface area contributed by atoms with Gasteiger partial charge in [-0.05, 0) is 59.7 Å². The average Bonchev–Trinajstić information content (AvgIpc) is 2.85. The maximum Gasteiger partial charge on any atom is 0.260 e. The molecule has 0 aliphatic carbocycles. The van der Waals surface area contributed by atoms with Gasteiger partial charge in [0.15, 0.2) is 6.23 Å². The second kappa shape index (κ2) is 8.08. The molecule has 2 aliphatic rings. The predicted molar refractivity (Wildman–Crippen MR) is 131 cm³/mol. The standard InChI is InChI=1S/C30H27NO2/c32-28-26-18-24-14-7-8-15-25(24)19-27(26)33-29-30(16-9-17-31(28)29,20-22-10-3-1-4-11-22)21-23-12-5-2-6-13-23/h1-8,10-15,18-19,29H,9,16-17,20-21H2. The number of fused-ring (bicyclic) bond motifs is 3. The summed E-state index contributed by atoms with van der Waals surface area (Å²) >= 11 is 0. The van der Waals surface area contributed by atoms with Crippen LogP contribution in [-0.2, 0) is 12.8 Å². The van der Waals surface area contributed by atoms with Gasteiger partial charge in [0.25, 0.3) is 5.91 Å². The summed E-state index contributed by atoms with van der Waals surface area (Å²) < 4.78 is 6.78. The topological polar surface area (TPSA) is 29.5 Å². The van der Waals surface area contributed by atoms with Gasteiger partial charge in [-0.1, -0.05) is 84.9 Å². The zero-order valence-corrected chi connectivity index (χ0v) is 18.6. The van der Waals surface area contributed by atoms with Gasteiger partial charge in [-0.2, -0.15) is 0 Å². The van der Waals surface area contributed by atoms with Gasteiger partial charge in [-0.15, -0.1) is 0 Å². The average molecular weight is 434 g/mol. The van der Waals surface area contributed by atoms with Crippen molar-refractivity contribution in [3.63, 3.8) is 0 Å². The molecule has 4 aromatic rings. The van der Waals surface area contributed by atoms with Gasteiger partial charge >= 0.3 is 0 Å². The smallest absolute Gasteiger partial charge is 0.260 e. The zero-order valence-electron chi connectivity index (χ0n) is 18.6. The van der Waals surface area contributed by atoms with Crippen LogP contribution in [0.2, 0.25) is 0 Å². The normalized spacial score (nSPS) is 19.0. The van der Waals surface area contributed by atoms with E-state index in [1.54, 1.807) is 0 Å². The van der Waals surface area contributed by atoms with Gasteiger partial charge in [0, 0.05) is 12.0 Å². The van der Waals surface area contributed by atoms with Crippen molar-refractivity contribution in [3.05, 3.63) is 114 Å². The number of piperidine rings is 1. The van der Waals surface area contributed by atoms with E-state index in [4.69, 9.17) is 4.74 Å². The van der Waals surface area contributed by atoms with Crippen LogP contribution in [0, 0.1) is 5.41 Å². The number of nitrogens with zero attached hydrogens (tertiary/aromatic N) is 1. The Kier molecular flexibility index (Phi) is 4.91. The van der Waals surface area contributed by atoms with Crippen molar-refractivity contribution in [2.45, 2.75) is 31.9 Å². The molecule has 6 rings (SSSR count). The maximum absolute atomic E-state index is 13.7. The molecular weight excluding hydrogens is 406 g/mol. The van der Waals surface area contributed by atoms with Crippen LogP contribution in [0.25, 0.3) is 10.8 Å². The van der Waals surface area contributed by atoms with E-state index in [0.29, 0.717) is 11.3 Å². The SMILES string of the molecule is O=C1c2cc3ccccc3cc2OC2N1CCCC2(Cc1ccccc1)Cc1ccccc1. The molecule has 3 nitrogen and oxygen atoms in total. The van der Waals surface area contributed by atoms with Gasteiger partial charge in [-0.3, -0.25) is 4.79 Å². The van der Waals surface area contributed by atoms with Crippen LogP contribution in [-0.4, -0.2) is 23.6 Å². The van der Waals surface area contributed by atoms with E-state index in [0.717, 1.165) is 43.0 Å². The maximum atomic E-state index is 13.7. The minimum absolute atomic E-state index is 0.0946. The summed E-state index contributed by atoms with van der Waals surface area (Å²) in [6.45, 7) is 0.737. The van der Waals surface area contributed by atoms with Crippen LogP contribution < -0.4 is 4.74 Å². The minimum atomic E-state index is -0.284. The van der Waals surface area contributed by atoms with Crippen molar-refractivity contribution in [1.29, 1.82) is 0 Å². The Hall–Kier alpha value is -3.59. The van der Waals surface area contributed by atoms with E-state index in [1.165, 1.54) is 11.1 Å². The zero-order chi connectivity index (χ0) is 22.3. The molecule has 1 amide bonds. The predicted octanol–water partition coefficient (Wildman–Crippen LogP) is 6.27. The van der Waals surface area contributed by atoms with Crippen LogP contribution in [0.1, 0.15) is 34.3 Å². The van der Waals surface area contributed by atoms with Gasteiger partial charge < -0.3 is 9.64 Å². The molecule has 1 unspecified atom stereocenters.